The molecule has 1 rings (SSSR count). The molecule has 0 spiro atoms. The lowest BCUT2D eigenvalue weighted by Crippen LogP contribution is -2.68. The highest BCUT2D eigenvalue weighted by Gasteiger charge is 2.48. The van der Waals surface area contributed by atoms with Crippen molar-refractivity contribution in [3.8, 4) is 0 Å². The lowest BCUT2D eigenvalue weighted by Gasteiger charge is -2.50. The maximum Gasteiger partial charge on any atom is 0.321 e. The first kappa shape index (κ1) is 12.4. The minimum atomic E-state index is -0.786. The quantitative estimate of drug-likeness (QED) is 0.675. The van der Waals surface area contributed by atoms with Crippen LogP contribution in [0.25, 0.3) is 0 Å². The predicted octanol–water partition coefficient (Wildman–Crippen LogP) is 0.400. The molecule has 0 amide bonds. The van der Waals surface area contributed by atoms with E-state index in [4.69, 9.17) is 14.6 Å². The Labute approximate surface area is 90.0 Å². The fourth-order valence-electron chi connectivity index (χ4n) is 1.97. The molecule has 1 heterocycles. The van der Waals surface area contributed by atoms with E-state index in [2.05, 4.69) is 0 Å². The number of carboxylic acid groups (broad SMARTS) is 1. The molecule has 0 aromatic heterocycles. The highest BCUT2D eigenvalue weighted by atomic mass is 16.7. The van der Waals surface area contributed by atoms with Crippen molar-refractivity contribution in [2.45, 2.75) is 25.7 Å². The van der Waals surface area contributed by atoms with Crippen LogP contribution in [0, 0.1) is 5.92 Å². The van der Waals surface area contributed by atoms with Gasteiger partial charge < -0.3 is 14.6 Å². The third-order valence-electron chi connectivity index (χ3n) is 2.91. The molecule has 0 saturated carbocycles. The van der Waals surface area contributed by atoms with Gasteiger partial charge in [-0.15, -0.1) is 0 Å². The number of hydrogen-bond acceptors (Lipinski definition) is 4. The predicted molar refractivity (Wildman–Crippen MR) is 54.6 cm³/mol. The minimum Gasteiger partial charge on any atom is -0.480 e. The maximum absolute atomic E-state index is 11.0. The average Bonchev–Trinajstić information content (AvgIpc) is 2.09. The van der Waals surface area contributed by atoms with Gasteiger partial charge in [0.25, 0.3) is 0 Å². The molecule has 0 aromatic rings. The third kappa shape index (κ3) is 2.30. The van der Waals surface area contributed by atoms with Gasteiger partial charge in [-0.2, -0.15) is 0 Å². The first-order valence-corrected chi connectivity index (χ1v) is 5.03. The van der Waals surface area contributed by atoms with Crippen molar-refractivity contribution in [2.75, 3.05) is 27.3 Å². The zero-order chi connectivity index (χ0) is 11.6. The molecule has 1 fully saturated rings. The Morgan fingerprint density at radius 3 is 2.07 bits per heavy atom. The number of carboxylic acids is 1. The van der Waals surface area contributed by atoms with Crippen molar-refractivity contribution in [3.05, 3.63) is 0 Å². The SMILES string of the molecule is COC1(OC)CN(C(C(=O)O)C(C)C)C1. The molecule has 0 radical (unpaired) electrons. The second-order valence-corrected chi connectivity index (χ2v) is 4.25. The Morgan fingerprint density at radius 1 is 1.33 bits per heavy atom. The Balaban J connectivity index is 2.58. The number of carbonyl (C=O) groups is 1. The van der Waals surface area contributed by atoms with E-state index >= 15 is 0 Å². The van der Waals surface area contributed by atoms with Gasteiger partial charge in [-0.25, -0.2) is 0 Å². The average molecular weight is 217 g/mol. The Morgan fingerprint density at radius 2 is 1.80 bits per heavy atom. The van der Waals surface area contributed by atoms with E-state index in [9.17, 15) is 4.79 Å². The van der Waals surface area contributed by atoms with E-state index in [0.717, 1.165) is 0 Å². The first-order chi connectivity index (χ1) is 6.95. The minimum absolute atomic E-state index is 0.0780. The van der Waals surface area contributed by atoms with Crippen LogP contribution >= 0.6 is 0 Å². The van der Waals surface area contributed by atoms with Crippen LogP contribution in [0.3, 0.4) is 0 Å². The summed E-state index contributed by atoms with van der Waals surface area (Å²) in [6.45, 7) is 4.82. The van der Waals surface area contributed by atoms with Gasteiger partial charge in [0.15, 0.2) is 5.79 Å². The van der Waals surface area contributed by atoms with Crippen LogP contribution in [0.4, 0.5) is 0 Å². The summed E-state index contributed by atoms with van der Waals surface area (Å²) < 4.78 is 10.4. The number of hydrogen-bond donors (Lipinski definition) is 1. The van der Waals surface area contributed by atoms with E-state index in [0.29, 0.717) is 13.1 Å². The second-order valence-electron chi connectivity index (χ2n) is 4.25. The van der Waals surface area contributed by atoms with Crippen molar-refractivity contribution in [1.82, 2.24) is 4.90 Å². The van der Waals surface area contributed by atoms with Crippen molar-refractivity contribution >= 4 is 5.97 Å². The van der Waals surface area contributed by atoms with Crippen LogP contribution in [0.1, 0.15) is 13.8 Å². The molecule has 0 aliphatic carbocycles. The third-order valence-corrected chi connectivity index (χ3v) is 2.91. The Kier molecular flexibility index (Phi) is 3.70. The summed E-state index contributed by atoms with van der Waals surface area (Å²) in [5, 5.41) is 9.07. The van der Waals surface area contributed by atoms with E-state index in [1.54, 1.807) is 14.2 Å². The smallest absolute Gasteiger partial charge is 0.321 e. The second kappa shape index (κ2) is 4.47. The fourth-order valence-corrected chi connectivity index (χ4v) is 1.97. The van der Waals surface area contributed by atoms with E-state index in [-0.39, 0.29) is 5.92 Å². The molecule has 1 saturated heterocycles. The van der Waals surface area contributed by atoms with Gasteiger partial charge >= 0.3 is 5.97 Å². The topological polar surface area (TPSA) is 59.0 Å². The molecule has 1 atom stereocenters. The van der Waals surface area contributed by atoms with Crippen LogP contribution < -0.4 is 0 Å². The Bertz CT molecular complexity index is 230. The molecule has 1 aliphatic heterocycles. The lowest BCUT2D eigenvalue weighted by atomic mass is 9.96. The molecule has 1 unspecified atom stereocenters. The summed E-state index contributed by atoms with van der Waals surface area (Å²) in [4.78, 5) is 12.9. The van der Waals surface area contributed by atoms with Gasteiger partial charge in [0.05, 0.1) is 13.1 Å². The molecule has 5 heteroatoms. The van der Waals surface area contributed by atoms with Gasteiger partial charge in [-0.3, -0.25) is 9.69 Å². The van der Waals surface area contributed by atoms with Gasteiger partial charge in [0, 0.05) is 14.2 Å². The summed E-state index contributed by atoms with van der Waals surface area (Å²) in [6.07, 6.45) is 0. The number of ether oxygens (including phenoxy) is 2. The van der Waals surface area contributed by atoms with Crippen LogP contribution in [0.2, 0.25) is 0 Å². The molecule has 88 valence electrons. The van der Waals surface area contributed by atoms with E-state index < -0.39 is 17.8 Å². The van der Waals surface area contributed by atoms with Crippen molar-refractivity contribution in [2.24, 2.45) is 5.92 Å². The highest BCUT2D eigenvalue weighted by molar-refractivity contribution is 5.74. The summed E-state index contributed by atoms with van der Waals surface area (Å²) in [6, 6.07) is -0.455. The lowest BCUT2D eigenvalue weighted by molar-refractivity contribution is -0.283. The van der Waals surface area contributed by atoms with Crippen molar-refractivity contribution < 1.29 is 19.4 Å². The number of nitrogens with zero attached hydrogens (tertiary/aromatic N) is 1. The number of aliphatic carboxylic acids is 1. The summed E-state index contributed by atoms with van der Waals surface area (Å²) in [5.74, 6) is -1.32. The molecule has 1 aliphatic rings. The van der Waals surface area contributed by atoms with Crippen LogP contribution in [0.15, 0.2) is 0 Å². The molecule has 5 nitrogen and oxygen atoms in total. The number of likely N-dealkylation sites (tertiary alicyclic amines) is 1. The van der Waals surface area contributed by atoms with Crippen LogP contribution in [0.5, 0.6) is 0 Å². The summed E-state index contributed by atoms with van der Waals surface area (Å²) in [5.41, 5.74) is 0. The molecule has 15 heavy (non-hydrogen) atoms. The zero-order valence-electron chi connectivity index (χ0n) is 9.69. The standard InChI is InChI=1S/C10H19NO4/c1-7(2)8(9(12)13)11-5-10(6-11,14-3)15-4/h7-8H,5-6H2,1-4H3,(H,12,13). The highest BCUT2D eigenvalue weighted by Crippen LogP contribution is 2.29. The van der Waals surface area contributed by atoms with Gasteiger partial charge in [0.2, 0.25) is 0 Å². The van der Waals surface area contributed by atoms with Gasteiger partial charge in [-0.05, 0) is 5.92 Å². The van der Waals surface area contributed by atoms with E-state index in [1.165, 1.54) is 0 Å². The summed E-state index contributed by atoms with van der Waals surface area (Å²) >= 11 is 0. The maximum atomic E-state index is 11.0. The van der Waals surface area contributed by atoms with Crippen molar-refractivity contribution in [1.29, 1.82) is 0 Å². The number of methoxy groups -OCH3 is 2. The first-order valence-electron chi connectivity index (χ1n) is 5.03. The summed E-state index contributed by atoms with van der Waals surface area (Å²) in [7, 11) is 3.15. The molecular formula is C10H19NO4. The van der Waals surface area contributed by atoms with Crippen LogP contribution in [-0.2, 0) is 14.3 Å². The molecular weight excluding hydrogens is 198 g/mol. The fraction of sp³-hybridized carbons (Fsp3) is 0.900. The largest absolute Gasteiger partial charge is 0.480 e. The van der Waals surface area contributed by atoms with Crippen LogP contribution in [-0.4, -0.2) is 55.1 Å². The normalized spacial score (nSPS) is 22.5. The van der Waals surface area contributed by atoms with Gasteiger partial charge in [-0.1, -0.05) is 13.8 Å². The Hall–Kier alpha value is -0.650. The van der Waals surface area contributed by atoms with E-state index in [1.807, 2.05) is 18.7 Å². The molecule has 1 N–H and O–H groups in total. The van der Waals surface area contributed by atoms with Crippen molar-refractivity contribution in [3.63, 3.8) is 0 Å². The zero-order valence-corrected chi connectivity index (χ0v) is 9.69. The monoisotopic (exact) mass is 217 g/mol. The number of rotatable bonds is 5. The van der Waals surface area contributed by atoms with Gasteiger partial charge in [0.1, 0.15) is 6.04 Å². The molecule has 0 bridgehead atoms. The molecule has 0 aromatic carbocycles.